The van der Waals surface area contributed by atoms with Crippen LogP contribution in [0.1, 0.15) is 45.6 Å². The number of benzene rings is 1. The second kappa shape index (κ2) is 7.02. The third-order valence-electron chi connectivity index (χ3n) is 3.78. The van der Waals surface area contributed by atoms with E-state index in [1.165, 1.54) is 4.90 Å². The van der Waals surface area contributed by atoms with Crippen molar-refractivity contribution in [2.24, 2.45) is 0 Å². The summed E-state index contributed by atoms with van der Waals surface area (Å²) >= 11 is 0. The number of amides is 1. The Morgan fingerprint density at radius 2 is 1.87 bits per heavy atom. The van der Waals surface area contributed by atoms with E-state index in [1.54, 1.807) is 6.92 Å². The van der Waals surface area contributed by atoms with Crippen LogP contribution in [0.15, 0.2) is 30.3 Å². The van der Waals surface area contributed by atoms with Crippen LogP contribution in [0.4, 0.5) is 4.79 Å². The Bertz CT molecular complexity index is 550. The molecule has 1 aromatic carbocycles. The summed E-state index contributed by atoms with van der Waals surface area (Å²) in [4.78, 5) is 26.4. The van der Waals surface area contributed by atoms with Gasteiger partial charge in [0, 0.05) is 12.5 Å². The highest BCUT2D eigenvalue weighted by atomic mass is 16.6. The molecule has 0 aromatic heterocycles. The van der Waals surface area contributed by atoms with Gasteiger partial charge in [0.05, 0.1) is 6.61 Å². The summed E-state index contributed by atoms with van der Waals surface area (Å²) in [5.41, 5.74) is 0.442. The third kappa shape index (κ3) is 4.24. The van der Waals surface area contributed by atoms with Gasteiger partial charge in [-0.3, -0.25) is 4.90 Å². The maximum atomic E-state index is 12.5. The van der Waals surface area contributed by atoms with E-state index in [-0.39, 0.29) is 11.9 Å². The minimum absolute atomic E-state index is 0.0669. The summed E-state index contributed by atoms with van der Waals surface area (Å²) in [5.74, 6) is -0.438. The minimum Gasteiger partial charge on any atom is -0.464 e. The lowest BCUT2D eigenvalue weighted by atomic mass is 9.92. The van der Waals surface area contributed by atoms with Crippen LogP contribution in [0, 0.1) is 0 Å². The van der Waals surface area contributed by atoms with Crippen molar-refractivity contribution >= 4 is 12.1 Å². The standard InChI is InChI=1S/C18H25NO4/c1-5-22-16(20)15-14(13-9-7-6-8-10-13)11-12-19(15)17(21)23-18(2,3)4/h6-10,14-15H,5,11-12H2,1-4H3/t14-,15+/m1/s1. The predicted molar refractivity (Wildman–Crippen MR) is 87.2 cm³/mol. The molecule has 5 nitrogen and oxygen atoms in total. The van der Waals surface area contributed by atoms with E-state index < -0.39 is 17.7 Å². The summed E-state index contributed by atoms with van der Waals surface area (Å²) in [7, 11) is 0. The van der Waals surface area contributed by atoms with Crippen molar-refractivity contribution in [3.05, 3.63) is 35.9 Å². The van der Waals surface area contributed by atoms with Gasteiger partial charge in [0.2, 0.25) is 0 Å². The molecule has 0 unspecified atom stereocenters. The Morgan fingerprint density at radius 1 is 1.22 bits per heavy atom. The number of hydrogen-bond donors (Lipinski definition) is 0. The smallest absolute Gasteiger partial charge is 0.411 e. The lowest BCUT2D eigenvalue weighted by Crippen LogP contribution is -2.45. The zero-order chi connectivity index (χ0) is 17.0. The fourth-order valence-corrected chi connectivity index (χ4v) is 2.89. The number of esters is 1. The number of ether oxygens (including phenoxy) is 2. The normalized spacial score (nSPS) is 21.1. The van der Waals surface area contributed by atoms with Crippen molar-refractivity contribution in [3.8, 4) is 0 Å². The molecule has 0 saturated carbocycles. The Kier molecular flexibility index (Phi) is 5.29. The molecule has 1 amide bonds. The van der Waals surface area contributed by atoms with E-state index in [0.29, 0.717) is 19.6 Å². The first kappa shape index (κ1) is 17.3. The van der Waals surface area contributed by atoms with E-state index in [0.717, 1.165) is 5.56 Å². The molecule has 1 aromatic rings. The van der Waals surface area contributed by atoms with Crippen LogP contribution >= 0.6 is 0 Å². The van der Waals surface area contributed by atoms with Crippen molar-refractivity contribution in [1.82, 2.24) is 4.90 Å². The van der Waals surface area contributed by atoms with Crippen LogP contribution in [0.3, 0.4) is 0 Å². The van der Waals surface area contributed by atoms with E-state index >= 15 is 0 Å². The first-order chi connectivity index (χ1) is 10.8. The second-order valence-electron chi connectivity index (χ2n) is 6.68. The van der Waals surface area contributed by atoms with Crippen molar-refractivity contribution < 1.29 is 19.1 Å². The third-order valence-corrected chi connectivity index (χ3v) is 3.78. The molecule has 1 heterocycles. The molecular formula is C18H25NO4. The number of hydrogen-bond acceptors (Lipinski definition) is 4. The van der Waals surface area contributed by atoms with E-state index in [2.05, 4.69) is 0 Å². The molecule has 2 rings (SSSR count). The lowest BCUT2D eigenvalue weighted by Gasteiger charge is -2.29. The molecule has 1 aliphatic heterocycles. The fraction of sp³-hybridized carbons (Fsp3) is 0.556. The Labute approximate surface area is 137 Å². The molecule has 0 radical (unpaired) electrons. The first-order valence-corrected chi connectivity index (χ1v) is 8.04. The Balaban J connectivity index is 2.25. The van der Waals surface area contributed by atoms with Gasteiger partial charge in [-0.05, 0) is 39.7 Å². The number of likely N-dealkylation sites (tertiary alicyclic amines) is 1. The van der Waals surface area contributed by atoms with Crippen molar-refractivity contribution in [1.29, 1.82) is 0 Å². The molecule has 1 fully saturated rings. The average molecular weight is 319 g/mol. The molecule has 0 spiro atoms. The zero-order valence-corrected chi connectivity index (χ0v) is 14.2. The maximum Gasteiger partial charge on any atom is 0.411 e. The SMILES string of the molecule is CCOC(=O)[C@@H]1[C@@H](c2ccccc2)CCN1C(=O)OC(C)(C)C. The Hall–Kier alpha value is -2.04. The number of carbonyl (C=O) groups is 2. The van der Waals surface area contributed by atoms with Crippen LogP contribution < -0.4 is 0 Å². The van der Waals surface area contributed by atoms with Gasteiger partial charge in [-0.2, -0.15) is 0 Å². The molecule has 1 aliphatic rings. The number of carbonyl (C=O) groups excluding carboxylic acids is 2. The van der Waals surface area contributed by atoms with E-state index in [9.17, 15) is 9.59 Å². The largest absolute Gasteiger partial charge is 0.464 e. The van der Waals surface area contributed by atoms with Crippen LogP contribution in [-0.4, -0.2) is 41.8 Å². The first-order valence-electron chi connectivity index (χ1n) is 8.04. The van der Waals surface area contributed by atoms with Crippen LogP contribution in [-0.2, 0) is 14.3 Å². The van der Waals surface area contributed by atoms with Crippen molar-refractivity contribution in [3.63, 3.8) is 0 Å². The summed E-state index contributed by atoms with van der Waals surface area (Å²) in [5, 5.41) is 0. The summed E-state index contributed by atoms with van der Waals surface area (Å²) in [6.45, 7) is 7.98. The Morgan fingerprint density at radius 3 is 2.43 bits per heavy atom. The van der Waals surface area contributed by atoms with Crippen molar-refractivity contribution in [2.75, 3.05) is 13.2 Å². The lowest BCUT2D eigenvalue weighted by molar-refractivity contribution is -0.148. The average Bonchev–Trinajstić information content (AvgIpc) is 2.91. The molecule has 0 N–H and O–H groups in total. The molecule has 2 atom stereocenters. The highest BCUT2D eigenvalue weighted by Crippen LogP contribution is 2.35. The van der Waals surface area contributed by atoms with Crippen LogP contribution in [0.5, 0.6) is 0 Å². The zero-order valence-electron chi connectivity index (χ0n) is 14.2. The topological polar surface area (TPSA) is 55.8 Å². The number of nitrogens with zero attached hydrogens (tertiary/aromatic N) is 1. The molecule has 126 valence electrons. The van der Waals surface area contributed by atoms with Gasteiger partial charge in [-0.15, -0.1) is 0 Å². The van der Waals surface area contributed by atoms with E-state index in [4.69, 9.17) is 9.47 Å². The van der Waals surface area contributed by atoms with Gasteiger partial charge in [-0.25, -0.2) is 9.59 Å². The molecule has 1 saturated heterocycles. The maximum absolute atomic E-state index is 12.5. The molecule has 5 heteroatoms. The highest BCUT2D eigenvalue weighted by molar-refractivity contribution is 5.83. The van der Waals surface area contributed by atoms with Gasteiger partial charge < -0.3 is 9.47 Å². The van der Waals surface area contributed by atoms with Gasteiger partial charge in [0.15, 0.2) is 0 Å². The van der Waals surface area contributed by atoms with Crippen LogP contribution in [0.25, 0.3) is 0 Å². The highest BCUT2D eigenvalue weighted by Gasteiger charge is 2.44. The van der Waals surface area contributed by atoms with Gasteiger partial charge in [0.1, 0.15) is 11.6 Å². The van der Waals surface area contributed by atoms with Gasteiger partial charge in [0.25, 0.3) is 0 Å². The summed E-state index contributed by atoms with van der Waals surface area (Å²) in [6.07, 6.45) is 0.251. The number of rotatable bonds is 3. The summed E-state index contributed by atoms with van der Waals surface area (Å²) < 4.78 is 10.6. The minimum atomic E-state index is -0.632. The fourth-order valence-electron chi connectivity index (χ4n) is 2.89. The molecule has 0 aliphatic carbocycles. The summed E-state index contributed by atoms with van der Waals surface area (Å²) in [6, 6.07) is 9.14. The van der Waals surface area contributed by atoms with E-state index in [1.807, 2.05) is 51.1 Å². The van der Waals surface area contributed by atoms with Crippen LogP contribution in [0.2, 0.25) is 0 Å². The quantitative estimate of drug-likeness (QED) is 0.802. The monoisotopic (exact) mass is 319 g/mol. The molecule has 0 bridgehead atoms. The predicted octanol–water partition coefficient (Wildman–Crippen LogP) is 3.34. The second-order valence-corrected chi connectivity index (χ2v) is 6.68. The molecular weight excluding hydrogens is 294 g/mol. The van der Waals surface area contributed by atoms with Gasteiger partial charge in [-0.1, -0.05) is 30.3 Å². The molecule has 23 heavy (non-hydrogen) atoms. The van der Waals surface area contributed by atoms with Gasteiger partial charge >= 0.3 is 12.1 Å². The van der Waals surface area contributed by atoms with Crippen molar-refractivity contribution in [2.45, 2.75) is 51.7 Å².